The monoisotopic (exact) mass is 307 g/mol. The largest absolute Gasteiger partial charge is 0.381 e. The molecule has 120 valence electrons. The molecule has 1 heterocycles. The van der Waals surface area contributed by atoms with E-state index in [9.17, 15) is 8.42 Å². The van der Waals surface area contributed by atoms with Crippen LogP contribution in [0.1, 0.15) is 26.7 Å². The van der Waals surface area contributed by atoms with E-state index in [-0.39, 0.29) is 12.4 Å². The smallest absolute Gasteiger partial charge is 0.216 e. The molecule has 0 amide bonds. The van der Waals surface area contributed by atoms with Crippen molar-refractivity contribution in [1.82, 2.24) is 9.21 Å². The standard InChI is InChI=1S/C13H29N3O3S/c1-3-13(5-6-14)15-7-9-16(10-8-15)20(17,18)12-11-19-4-2/h13H,3-12,14H2,1-2H3. The third kappa shape index (κ3) is 5.29. The molecule has 0 bridgehead atoms. The first-order chi connectivity index (χ1) is 9.55. The summed E-state index contributed by atoms with van der Waals surface area (Å²) in [6, 6.07) is 0.480. The van der Waals surface area contributed by atoms with E-state index in [4.69, 9.17) is 10.5 Å². The van der Waals surface area contributed by atoms with Crippen LogP contribution in [0.3, 0.4) is 0 Å². The van der Waals surface area contributed by atoms with Crippen LogP contribution in [0.15, 0.2) is 0 Å². The van der Waals surface area contributed by atoms with E-state index in [0.29, 0.717) is 32.3 Å². The molecule has 1 rings (SSSR count). The van der Waals surface area contributed by atoms with Crippen molar-refractivity contribution in [1.29, 1.82) is 0 Å². The van der Waals surface area contributed by atoms with Crippen molar-refractivity contribution in [3.63, 3.8) is 0 Å². The van der Waals surface area contributed by atoms with E-state index < -0.39 is 10.0 Å². The molecule has 20 heavy (non-hydrogen) atoms. The lowest BCUT2D eigenvalue weighted by atomic mass is 10.1. The van der Waals surface area contributed by atoms with Gasteiger partial charge in [-0.05, 0) is 26.3 Å². The topological polar surface area (TPSA) is 75.9 Å². The number of hydrogen-bond donors (Lipinski definition) is 1. The highest BCUT2D eigenvalue weighted by molar-refractivity contribution is 7.89. The quantitative estimate of drug-likeness (QED) is 0.611. The fourth-order valence-corrected chi connectivity index (χ4v) is 3.93. The van der Waals surface area contributed by atoms with Crippen molar-refractivity contribution in [2.75, 3.05) is 51.7 Å². The zero-order chi connectivity index (χ0) is 15.0. The van der Waals surface area contributed by atoms with Gasteiger partial charge in [-0.2, -0.15) is 4.31 Å². The van der Waals surface area contributed by atoms with Crippen LogP contribution in [0.5, 0.6) is 0 Å². The highest BCUT2D eigenvalue weighted by atomic mass is 32.2. The van der Waals surface area contributed by atoms with Crippen LogP contribution in [0, 0.1) is 0 Å². The fraction of sp³-hybridized carbons (Fsp3) is 1.00. The van der Waals surface area contributed by atoms with E-state index in [1.165, 1.54) is 0 Å². The summed E-state index contributed by atoms with van der Waals surface area (Å²) in [5.41, 5.74) is 5.63. The maximum absolute atomic E-state index is 12.1. The number of rotatable bonds is 9. The van der Waals surface area contributed by atoms with Gasteiger partial charge in [0, 0.05) is 38.8 Å². The van der Waals surface area contributed by atoms with E-state index in [0.717, 1.165) is 25.9 Å². The van der Waals surface area contributed by atoms with Crippen molar-refractivity contribution in [3.05, 3.63) is 0 Å². The Labute approximate surface area is 123 Å². The lowest BCUT2D eigenvalue weighted by molar-refractivity contribution is 0.127. The highest BCUT2D eigenvalue weighted by Crippen LogP contribution is 2.14. The molecule has 0 saturated carbocycles. The third-order valence-corrected chi connectivity index (χ3v) is 5.68. The summed E-state index contributed by atoms with van der Waals surface area (Å²) in [6.07, 6.45) is 2.04. The van der Waals surface area contributed by atoms with Gasteiger partial charge in [-0.25, -0.2) is 8.42 Å². The molecular weight excluding hydrogens is 278 g/mol. The SMILES string of the molecule is CCOCCS(=O)(=O)N1CCN(C(CC)CCN)CC1. The summed E-state index contributed by atoms with van der Waals surface area (Å²) in [5, 5.41) is 0. The Morgan fingerprint density at radius 3 is 2.35 bits per heavy atom. The molecule has 1 saturated heterocycles. The number of sulfonamides is 1. The van der Waals surface area contributed by atoms with Crippen molar-refractivity contribution in [2.24, 2.45) is 5.73 Å². The second kappa shape index (κ2) is 8.94. The minimum Gasteiger partial charge on any atom is -0.381 e. The van der Waals surface area contributed by atoms with Crippen molar-refractivity contribution >= 4 is 10.0 Å². The first-order valence-electron chi connectivity index (χ1n) is 7.54. The van der Waals surface area contributed by atoms with Gasteiger partial charge in [0.15, 0.2) is 0 Å². The van der Waals surface area contributed by atoms with Gasteiger partial charge in [-0.15, -0.1) is 0 Å². The molecule has 1 unspecified atom stereocenters. The average Bonchev–Trinajstić information content (AvgIpc) is 2.45. The van der Waals surface area contributed by atoms with Crippen LogP contribution in [0.4, 0.5) is 0 Å². The number of ether oxygens (including phenoxy) is 1. The Kier molecular flexibility index (Phi) is 7.98. The molecule has 1 atom stereocenters. The Bertz CT molecular complexity index is 354. The van der Waals surface area contributed by atoms with Gasteiger partial charge in [0.25, 0.3) is 0 Å². The molecule has 1 aliphatic rings. The van der Waals surface area contributed by atoms with Gasteiger partial charge in [-0.3, -0.25) is 4.90 Å². The normalized spacial score (nSPS) is 20.1. The van der Waals surface area contributed by atoms with Crippen LogP contribution >= 0.6 is 0 Å². The average molecular weight is 307 g/mol. The molecule has 0 radical (unpaired) electrons. The molecule has 6 nitrogen and oxygen atoms in total. The maximum atomic E-state index is 12.1. The Morgan fingerprint density at radius 1 is 1.20 bits per heavy atom. The van der Waals surface area contributed by atoms with Gasteiger partial charge in [0.05, 0.1) is 12.4 Å². The summed E-state index contributed by atoms with van der Waals surface area (Å²) in [6.45, 7) is 8.30. The summed E-state index contributed by atoms with van der Waals surface area (Å²) in [7, 11) is -3.17. The minimum absolute atomic E-state index is 0.0842. The van der Waals surface area contributed by atoms with E-state index in [1.54, 1.807) is 4.31 Å². The Morgan fingerprint density at radius 2 is 1.85 bits per heavy atom. The molecule has 0 aliphatic carbocycles. The van der Waals surface area contributed by atoms with Crippen LogP contribution in [0.2, 0.25) is 0 Å². The van der Waals surface area contributed by atoms with Crippen LogP contribution in [0.25, 0.3) is 0 Å². The van der Waals surface area contributed by atoms with Gasteiger partial charge < -0.3 is 10.5 Å². The first kappa shape index (κ1) is 17.8. The van der Waals surface area contributed by atoms with Gasteiger partial charge in [0.1, 0.15) is 0 Å². The number of piperazine rings is 1. The van der Waals surface area contributed by atoms with Crippen LogP contribution < -0.4 is 5.73 Å². The fourth-order valence-electron chi connectivity index (χ4n) is 2.62. The Balaban J connectivity index is 2.44. The van der Waals surface area contributed by atoms with E-state index >= 15 is 0 Å². The van der Waals surface area contributed by atoms with Gasteiger partial charge >= 0.3 is 0 Å². The van der Waals surface area contributed by atoms with Crippen LogP contribution in [-0.2, 0) is 14.8 Å². The maximum Gasteiger partial charge on any atom is 0.216 e. The molecular formula is C13H29N3O3S. The molecule has 1 aliphatic heterocycles. The predicted molar refractivity (Wildman–Crippen MR) is 81.2 cm³/mol. The molecule has 0 aromatic heterocycles. The summed E-state index contributed by atoms with van der Waals surface area (Å²) >= 11 is 0. The van der Waals surface area contributed by atoms with Crippen LogP contribution in [-0.4, -0.2) is 75.4 Å². The highest BCUT2D eigenvalue weighted by Gasteiger charge is 2.28. The van der Waals surface area contributed by atoms with Crippen molar-refractivity contribution in [3.8, 4) is 0 Å². The van der Waals surface area contributed by atoms with E-state index in [2.05, 4.69) is 11.8 Å². The lowest BCUT2D eigenvalue weighted by Crippen LogP contribution is -2.52. The van der Waals surface area contributed by atoms with Gasteiger partial charge in [-0.1, -0.05) is 6.92 Å². The third-order valence-electron chi connectivity index (χ3n) is 3.84. The Hall–Kier alpha value is -0.210. The summed E-state index contributed by atoms with van der Waals surface area (Å²) < 4.78 is 31.0. The molecule has 0 aromatic carbocycles. The van der Waals surface area contributed by atoms with Crippen molar-refractivity contribution < 1.29 is 13.2 Å². The molecule has 2 N–H and O–H groups in total. The molecule has 0 aromatic rings. The number of hydrogen-bond acceptors (Lipinski definition) is 5. The number of nitrogens with two attached hydrogens (primary N) is 1. The summed E-state index contributed by atoms with van der Waals surface area (Å²) in [4.78, 5) is 2.36. The second-order valence-corrected chi connectivity index (χ2v) is 7.18. The zero-order valence-corrected chi connectivity index (χ0v) is 13.6. The molecule has 1 fully saturated rings. The molecule has 0 spiro atoms. The summed E-state index contributed by atoms with van der Waals surface area (Å²) in [5.74, 6) is 0.0842. The number of nitrogens with zero attached hydrogens (tertiary/aromatic N) is 2. The van der Waals surface area contributed by atoms with E-state index in [1.807, 2.05) is 6.92 Å². The lowest BCUT2D eigenvalue weighted by Gasteiger charge is -2.38. The molecule has 7 heteroatoms. The van der Waals surface area contributed by atoms with Gasteiger partial charge in [0.2, 0.25) is 10.0 Å². The minimum atomic E-state index is -3.17. The first-order valence-corrected chi connectivity index (χ1v) is 9.15. The predicted octanol–water partition coefficient (Wildman–Crippen LogP) is 0.0977. The van der Waals surface area contributed by atoms with Crippen molar-refractivity contribution in [2.45, 2.75) is 32.7 Å². The second-order valence-electron chi connectivity index (χ2n) is 5.09. The zero-order valence-electron chi connectivity index (χ0n) is 12.8.